The minimum absolute atomic E-state index is 0.0835. The van der Waals surface area contributed by atoms with Crippen molar-refractivity contribution in [3.63, 3.8) is 0 Å². The van der Waals surface area contributed by atoms with Crippen LogP contribution in [0, 0.1) is 18.3 Å². The minimum atomic E-state index is -4.55. The van der Waals surface area contributed by atoms with Gasteiger partial charge < -0.3 is 4.74 Å². The van der Waals surface area contributed by atoms with Crippen LogP contribution in [-0.4, -0.2) is 12.9 Å². The Labute approximate surface area is 108 Å². The first-order valence-electron chi connectivity index (χ1n) is 5.35. The quantitative estimate of drug-likeness (QED) is 0.849. The number of nitriles is 1. The predicted octanol–water partition coefficient (Wildman–Crippen LogP) is 2.97. The molecule has 1 aromatic rings. The number of alkyl halides is 3. The Morgan fingerprint density at radius 3 is 2.32 bits per heavy atom. The van der Waals surface area contributed by atoms with Crippen LogP contribution in [-0.2, 0) is 21.3 Å². The first-order chi connectivity index (χ1) is 8.69. The van der Waals surface area contributed by atoms with E-state index in [-0.39, 0.29) is 5.56 Å². The highest BCUT2D eigenvalue weighted by molar-refractivity contribution is 5.90. The van der Waals surface area contributed by atoms with Crippen molar-refractivity contribution in [1.82, 2.24) is 0 Å². The van der Waals surface area contributed by atoms with Crippen LogP contribution in [0.15, 0.2) is 18.2 Å². The first-order valence-corrected chi connectivity index (χ1v) is 5.35. The number of carbonyl (C=O) groups excluding carboxylic acids is 1. The van der Waals surface area contributed by atoms with Crippen molar-refractivity contribution in [3.05, 3.63) is 34.9 Å². The summed E-state index contributed by atoms with van der Waals surface area (Å²) in [7, 11) is 1.12. The SMILES string of the molecule is COC(C#N)(C(C)=O)c1cc(C(F)(F)F)ccc1C. The molecule has 0 radical (unpaired) electrons. The number of ketones is 1. The van der Waals surface area contributed by atoms with E-state index in [1.54, 1.807) is 6.07 Å². The summed E-state index contributed by atoms with van der Waals surface area (Å²) in [6, 6.07) is 4.56. The molecule has 0 aromatic heterocycles. The number of ether oxygens (including phenoxy) is 1. The van der Waals surface area contributed by atoms with E-state index in [1.165, 1.54) is 13.0 Å². The van der Waals surface area contributed by atoms with E-state index in [4.69, 9.17) is 10.00 Å². The van der Waals surface area contributed by atoms with Crippen molar-refractivity contribution in [3.8, 4) is 6.07 Å². The van der Waals surface area contributed by atoms with Crippen LogP contribution in [0.3, 0.4) is 0 Å². The maximum absolute atomic E-state index is 12.7. The topological polar surface area (TPSA) is 50.1 Å². The van der Waals surface area contributed by atoms with E-state index in [0.717, 1.165) is 26.2 Å². The highest BCUT2D eigenvalue weighted by atomic mass is 19.4. The highest BCUT2D eigenvalue weighted by Gasteiger charge is 2.41. The molecular weight excluding hydrogens is 259 g/mol. The molecule has 3 nitrogen and oxygen atoms in total. The Kier molecular flexibility index (Phi) is 4.01. The normalized spacial score (nSPS) is 14.6. The molecule has 0 spiro atoms. The molecule has 0 saturated heterocycles. The van der Waals surface area contributed by atoms with Gasteiger partial charge in [0.25, 0.3) is 0 Å². The molecular formula is C13H12F3NO2. The van der Waals surface area contributed by atoms with Crippen molar-refractivity contribution in [2.24, 2.45) is 0 Å². The lowest BCUT2D eigenvalue weighted by Crippen LogP contribution is -2.35. The molecule has 1 aromatic carbocycles. The van der Waals surface area contributed by atoms with Crippen molar-refractivity contribution in [2.75, 3.05) is 7.11 Å². The molecule has 0 fully saturated rings. The van der Waals surface area contributed by atoms with E-state index >= 15 is 0 Å². The second-order valence-electron chi connectivity index (χ2n) is 4.08. The largest absolute Gasteiger partial charge is 0.416 e. The van der Waals surface area contributed by atoms with Gasteiger partial charge in [0.05, 0.1) is 5.56 Å². The second kappa shape index (κ2) is 5.02. The number of nitrogens with zero attached hydrogens (tertiary/aromatic N) is 1. The maximum Gasteiger partial charge on any atom is 0.416 e. The average Bonchev–Trinajstić information content (AvgIpc) is 2.31. The second-order valence-corrected chi connectivity index (χ2v) is 4.08. The number of rotatable bonds is 3. The zero-order valence-electron chi connectivity index (χ0n) is 10.6. The van der Waals surface area contributed by atoms with Crippen molar-refractivity contribution in [2.45, 2.75) is 25.6 Å². The molecule has 0 bridgehead atoms. The third-order valence-electron chi connectivity index (χ3n) is 2.90. The molecule has 0 aliphatic carbocycles. The fourth-order valence-electron chi connectivity index (χ4n) is 1.81. The molecule has 0 aliphatic heterocycles. The molecule has 1 unspecified atom stereocenters. The Hall–Kier alpha value is -1.87. The summed E-state index contributed by atoms with van der Waals surface area (Å²) in [4.78, 5) is 11.6. The monoisotopic (exact) mass is 271 g/mol. The summed E-state index contributed by atoms with van der Waals surface area (Å²) in [6.07, 6.45) is -4.55. The molecule has 102 valence electrons. The lowest BCUT2D eigenvalue weighted by atomic mass is 9.86. The lowest BCUT2D eigenvalue weighted by molar-refractivity contribution is -0.139. The smallest absolute Gasteiger partial charge is 0.353 e. The molecule has 19 heavy (non-hydrogen) atoms. The number of aryl methyl sites for hydroxylation is 1. The minimum Gasteiger partial charge on any atom is -0.353 e. The number of hydrogen-bond acceptors (Lipinski definition) is 3. The van der Waals surface area contributed by atoms with Crippen molar-refractivity contribution in [1.29, 1.82) is 5.26 Å². The van der Waals surface area contributed by atoms with Crippen LogP contribution in [0.5, 0.6) is 0 Å². The summed E-state index contributed by atoms with van der Waals surface area (Å²) in [5.41, 5.74) is -2.64. The predicted molar refractivity (Wildman–Crippen MR) is 61.2 cm³/mol. The van der Waals surface area contributed by atoms with Crippen LogP contribution in [0.4, 0.5) is 13.2 Å². The van der Waals surface area contributed by atoms with Gasteiger partial charge in [0.1, 0.15) is 6.07 Å². The molecule has 6 heteroatoms. The number of methoxy groups -OCH3 is 1. The lowest BCUT2D eigenvalue weighted by Gasteiger charge is -2.25. The molecule has 0 aliphatic rings. The van der Waals surface area contributed by atoms with Gasteiger partial charge in [-0.2, -0.15) is 18.4 Å². The zero-order valence-corrected chi connectivity index (χ0v) is 10.6. The van der Waals surface area contributed by atoms with Crippen LogP contribution in [0.25, 0.3) is 0 Å². The van der Waals surface area contributed by atoms with Gasteiger partial charge in [-0.25, -0.2) is 0 Å². The standard InChI is InChI=1S/C13H12F3NO2/c1-8-4-5-10(13(14,15)16)6-11(8)12(7-17,19-3)9(2)18/h4-6H,1-3H3. The Balaban J connectivity index is 3.57. The summed E-state index contributed by atoms with van der Waals surface area (Å²) >= 11 is 0. The van der Waals surface area contributed by atoms with E-state index in [2.05, 4.69) is 0 Å². The fraction of sp³-hybridized carbons (Fsp3) is 0.385. The molecule has 1 atom stereocenters. The van der Waals surface area contributed by atoms with Crippen LogP contribution in [0.2, 0.25) is 0 Å². The Morgan fingerprint density at radius 2 is 1.95 bits per heavy atom. The number of carbonyl (C=O) groups is 1. The third-order valence-corrected chi connectivity index (χ3v) is 2.90. The van der Waals surface area contributed by atoms with E-state index < -0.39 is 23.1 Å². The van der Waals surface area contributed by atoms with E-state index in [1.807, 2.05) is 0 Å². The first kappa shape index (κ1) is 15.2. The van der Waals surface area contributed by atoms with Gasteiger partial charge in [-0.05, 0) is 31.5 Å². The average molecular weight is 271 g/mol. The van der Waals surface area contributed by atoms with Gasteiger partial charge in [0, 0.05) is 12.7 Å². The number of Topliss-reactive ketones (excluding diaryl/α,β-unsaturated/α-hetero) is 1. The van der Waals surface area contributed by atoms with Gasteiger partial charge in [0.15, 0.2) is 5.78 Å². The van der Waals surface area contributed by atoms with Crippen LogP contribution in [0.1, 0.15) is 23.6 Å². The third kappa shape index (κ3) is 2.61. The molecule has 1 rings (SSSR count). The number of benzene rings is 1. The maximum atomic E-state index is 12.7. The van der Waals surface area contributed by atoms with E-state index in [0.29, 0.717) is 5.56 Å². The Bertz CT molecular complexity index is 546. The molecule has 0 N–H and O–H groups in total. The summed E-state index contributed by atoms with van der Waals surface area (Å²) in [6.45, 7) is 2.62. The number of hydrogen-bond donors (Lipinski definition) is 0. The Morgan fingerprint density at radius 1 is 1.37 bits per heavy atom. The van der Waals surface area contributed by atoms with Crippen LogP contribution < -0.4 is 0 Å². The van der Waals surface area contributed by atoms with Gasteiger partial charge in [-0.3, -0.25) is 4.79 Å². The van der Waals surface area contributed by atoms with Crippen molar-refractivity contribution >= 4 is 5.78 Å². The van der Waals surface area contributed by atoms with Gasteiger partial charge in [-0.15, -0.1) is 0 Å². The van der Waals surface area contributed by atoms with Crippen LogP contribution >= 0.6 is 0 Å². The molecule has 0 amide bonds. The molecule has 0 saturated carbocycles. The summed E-state index contributed by atoms with van der Waals surface area (Å²) in [5, 5.41) is 9.14. The van der Waals surface area contributed by atoms with E-state index in [9.17, 15) is 18.0 Å². The number of halogens is 3. The molecule has 0 heterocycles. The summed E-state index contributed by atoms with van der Waals surface area (Å²) < 4.78 is 43.0. The van der Waals surface area contributed by atoms with Crippen molar-refractivity contribution < 1.29 is 22.7 Å². The van der Waals surface area contributed by atoms with Gasteiger partial charge in [0.2, 0.25) is 5.60 Å². The highest BCUT2D eigenvalue weighted by Crippen LogP contribution is 2.35. The summed E-state index contributed by atoms with van der Waals surface area (Å²) in [5.74, 6) is -0.667. The van der Waals surface area contributed by atoms with Gasteiger partial charge in [-0.1, -0.05) is 6.07 Å². The fourth-order valence-corrected chi connectivity index (χ4v) is 1.81. The van der Waals surface area contributed by atoms with Gasteiger partial charge >= 0.3 is 6.18 Å². The zero-order chi connectivity index (χ0) is 14.8.